The molecular formula is C65H116O14. The number of ether oxygens (including phenoxy) is 6. The SMILES string of the molecule is CC/C=C\C/C=C\C/C=C\C/C=C\C/C=C\CCCCCCCCCCCC(=O)OC(COCCCCCCCCCCCCCCCCCCCCCC)COC1OC(COC2OC(CO)C(O)C(O)C2O)C(O)C(O)C1O. The highest BCUT2D eigenvalue weighted by molar-refractivity contribution is 5.69. The molecule has 79 heavy (non-hydrogen) atoms. The summed E-state index contributed by atoms with van der Waals surface area (Å²) in [5.74, 6) is -0.380. The van der Waals surface area contributed by atoms with Crippen LogP contribution in [0.25, 0.3) is 0 Å². The van der Waals surface area contributed by atoms with Crippen LogP contribution in [0, 0.1) is 0 Å². The van der Waals surface area contributed by atoms with E-state index in [0.29, 0.717) is 13.0 Å². The van der Waals surface area contributed by atoms with E-state index in [0.717, 1.165) is 77.0 Å². The van der Waals surface area contributed by atoms with Crippen LogP contribution >= 0.6 is 0 Å². The number of aliphatic hydroxyl groups is 7. The molecule has 7 N–H and O–H groups in total. The summed E-state index contributed by atoms with van der Waals surface area (Å²) in [7, 11) is 0. The minimum atomic E-state index is -1.71. The fourth-order valence-electron chi connectivity index (χ4n) is 9.96. The zero-order valence-corrected chi connectivity index (χ0v) is 49.6. The Labute approximate surface area is 479 Å². The van der Waals surface area contributed by atoms with Gasteiger partial charge in [-0.1, -0.05) is 242 Å². The molecule has 14 nitrogen and oxygen atoms in total. The van der Waals surface area contributed by atoms with Crippen LogP contribution in [0.15, 0.2) is 60.8 Å². The molecule has 11 atom stereocenters. The highest BCUT2D eigenvalue weighted by Gasteiger charge is 2.47. The third kappa shape index (κ3) is 37.5. The van der Waals surface area contributed by atoms with Crippen LogP contribution in [0.2, 0.25) is 0 Å². The highest BCUT2D eigenvalue weighted by atomic mass is 16.7. The van der Waals surface area contributed by atoms with Crippen LogP contribution < -0.4 is 0 Å². The maximum Gasteiger partial charge on any atom is 0.306 e. The standard InChI is InChI=1S/C65H116O14/c1-3-5-7-9-11-13-15-17-19-21-23-25-26-27-28-29-30-32-34-36-38-40-42-44-46-48-57(67)77-54(51-74-49-47-45-43-41-39-37-35-33-31-24-22-20-18-16-14-12-10-8-6-4-2)52-75-64-63(73)61(71)59(69)56(79-64)53-76-65-62(72)60(70)58(68)55(50-66)78-65/h5,7,11,13,17,19,23,25,27-28,54-56,58-66,68-73H,3-4,6,8-10,12,14-16,18,20-22,24,26,29-53H2,1-2H3/b7-5-,13-11-,19-17-,25-23-,28-27-. The molecule has 0 aromatic rings. The lowest BCUT2D eigenvalue weighted by Gasteiger charge is -2.42. The fourth-order valence-corrected chi connectivity index (χ4v) is 9.96. The van der Waals surface area contributed by atoms with Crippen molar-refractivity contribution in [2.45, 2.75) is 313 Å². The first-order chi connectivity index (χ1) is 38.6. The predicted octanol–water partition coefficient (Wildman–Crippen LogP) is 12.4. The summed E-state index contributed by atoms with van der Waals surface area (Å²) < 4.78 is 34.5. The van der Waals surface area contributed by atoms with E-state index in [1.165, 1.54) is 141 Å². The Morgan fingerprint density at radius 3 is 1.29 bits per heavy atom. The van der Waals surface area contributed by atoms with Gasteiger partial charge in [0.15, 0.2) is 12.6 Å². The van der Waals surface area contributed by atoms with Crippen molar-refractivity contribution in [2.75, 3.05) is 33.0 Å². The van der Waals surface area contributed by atoms with Crippen molar-refractivity contribution in [2.24, 2.45) is 0 Å². The van der Waals surface area contributed by atoms with Gasteiger partial charge in [0.1, 0.15) is 54.9 Å². The summed E-state index contributed by atoms with van der Waals surface area (Å²) in [4.78, 5) is 13.1. The van der Waals surface area contributed by atoms with E-state index in [-0.39, 0.29) is 25.6 Å². The van der Waals surface area contributed by atoms with E-state index >= 15 is 0 Å². The van der Waals surface area contributed by atoms with Gasteiger partial charge in [-0.25, -0.2) is 0 Å². The average Bonchev–Trinajstić information content (AvgIpc) is 3.46. The Morgan fingerprint density at radius 1 is 0.430 bits per heavy atom. The number of allylic oxidation sites excluding steroid dienone is 10. The molecular weight excluding hydrogens is 1000 g/mol. The molecule has 460 valence electrons. The number of carbonyl (C=O) groups is 1. The third-order valence-corrected chi connectivity index (χ3v) is 15.0. The van der Waals surface area contributed by atoms with Crippen LogP contribution in [0.1, 0.15) is 245 Å². The van der Waals surface area contributed by atoms with Gasteiger partial charge in [0.05, 0.1) is 26.4 Å². The fraction of sp³-hybridized carbons (Fsp3) is 0.831. The molecule has 2 aliphatic heterocycles. The summed E-state index contributed by atoms with van der Waals surface area (Å²) in [6.07, 6.45) is 48.5. The molecule has 2 rings (SSSR count). The van der Waals surface area contributed by atoms with Gasteiger partial charge in [0.25, 0.3) is 0 Å². The van der Waals surface area contributed by atoms with Crippen LogP contribution in [-0.2, 0) is 33.2 Å². The zero-order chi connectivity index (χ0) is 57.2. The first kappa shape index (κ1) is 72.8. The molecule has 0 radical (unpaired) electrons. The maximum absolute atomic E-state index is 13.1. The third-order valence-electron chi connectivity index (χ3n) is 15.0. The number of hydrogen-bond donors (Lipinski definition) is 7. The van der Waals surface area contributed by atoms with Gasteiger partial charge in [-0.15, -0.1) is 0 Å². The van der Waals surface area contributed by atoms with Crippen LogP contribution in [-0.4, -0.2) is 142 Å². The van der Waals surface area contributed by atoms with Gasteiger partial charge >= 0.3 is 5.97 Å². The largest absolute Gasteiger partial charge is 0.457 e. The quantitative estimate of drug-likeness (QED) is 0.0172. The number of rotatable bonds is 52. The molecule has 0 aromatic heterocycles. The van der Waals surface area contributed by atoms with Gasteiger partial charge in [-0.3, -0.25) is 4.79 Å². The number of esters is 1. The van der Waals surface area contributed by atoms with Crippen molar-refractivity contribution < 1.29 is 69.0 Å². The first-order valence-corrected chi connectivity index (χ1v) is 31.9. The second-order valence-corrected chi connectivity index (χ2v) is 22.2. The minimum Gasteiger partial charge on any atom is -0.457 e. The van der Waals surface area contributed by atoms with E-state index in [2.05, 4.69) is 74.6 Å². The van der Waals surface area contributed by atoms with Crippen LogP contribution in [0.3, 0.4) is 0 Å². The molecule has 0 spiro atoms. The molecule has 0 amide bonds. The summed E-state index contributed by atoms with van der Waals surface area (Å²) >= 11 is 0. The molecule has 0 saturated carbocycles. The maximum atomic E-state index is 13.1. The normalized spacial score (nSPS) is 24.4. The lowest BCUT2D eigenvalue weighted by atomic mass is 9.98. The first-order valence-electron chi connectivity index (χ1n) is 31.9. The minimum absolute atomic E-state index is 0.0603. The van der Waals surface area contributed by atoms with Gasteiger partial charge in [-0.05, 0) is 57.8 Å². The number of carbonyl (C=O) groups excluding carboxylic acids is 1. The van der Waals surface area contributed by atoms with Crippen molar-refractivity contribution in [3.63, 3.8) is 0 Å². The molecule has 14 heteroatoms. The Bertz CT molecular complexity index is 1540. The lowest BCUT2D eigenvalue weighted by Crippen LogP contribution is -2.61. The van der Waals surface area contributed by atoms with Crippen LogP contribution in [0.4, 0.5) is 0 Å². The lowest BCUT2D eigenvalue weighted by molar-refractivity contribution is -0.332. The summed E-state index contributed by atoms with van der Waals surface area (Å²) in [6, 6.07) is 0. The van der Waals surface area contributed by atoms with Gasteiger partial charge in [0.2, 0.25) is 0 Å². The zero-order valence-electron chi connectivity index (χ0n) is 49.6. The van der Waals surface area contributed by atoms with Crippen molar-refractivity contribution in [3.05, 3.63) is 60.8 Å². The van der Waals surface area contributed by atoms with E-state index < -0.39 is 80.7 Å². The molecule has 2 heterocycles. The van der Waals surface area contributed by atoms with Crippen molar-refractivity contribution in [3.8, 4) is 0 Å². The molecule has 2 fully saturated rings. The van der Waals surface area contributed by atoms with Gasteiger partial charge in [-0.2, -0.15) is 0 Å². The van der Waals surface area contributed by atoms with Crippen molar-refractivity contribution >= 4 is 5.97 Å². The molecule has 2 saturated heterocycles. The second-order valence-electron chi connectivity index (χ2n) is 22.2. The Morgan fingerprint density at radius 2 is 0.823 bits per heavy atom. The highest BCUT2D eigenvalue weighted by Crippen LogP contribution is 2.27. The summed E-state index contributed by atoms with van der Waals surface area (Å²) in [5.41, 5.74) is 0. The summed E-state index contributed by atoms with van der Waals surface area (Å²) in [6.45, 7) is 3.61. The molecule has 0 bridgehead atoms. The number of unbranched alkanes of at least 4 members (excludes halogenated alkanes) is 28. The van der Waals surface area contributed by atoms with E-state index in [9.17, 15) is 40.5 Å². The Balaban J connectivity index is 1.68. The van der Waals surface area contributed by atoms with E-state index in [1.807, 2.05) is 0 Å². The molecule has 0 aliphatic carbocycles. The van der Waals surface area contributed by atoms with Gasteiger partial charge in [0, 0.05) is 13.0 Å². The molecule has 2 aliphatic rings. The second kappa shape index (κ2) is 51.3. The Kier molecular flexibility index (Phi) is 47.3. The molecule has 0 aromatic carbocycles. The van der Waals surface area contributed by atoms with Crippen LogP contribution in [0.5, 0.6) is 0 Å². The summed E-state index contributed by atoms with van der Waals surface area (Å²) in [5, 5.41) is 72.5. The van der Waals surface area contributed by atoms with E-state index in [1.54, 1.807) is 0 Å². The molecule has 11 unspecified atom stereocenters. The van der Waals surface area contributed by atoms with Gasteiger partial charge < -0.3 is 64.2 Å². The van der Waals surface area contributed by atoms with Crippen molar-refractivity contribution in [1.82, 2.24) is 0 Å². The predicted molar refractivity (Wildman–Crippen MR) is 316 cm³/mol. The topological polar surface area (TPSA) is 214 Å². The van der Waals surface area contributed by atoms with E-state index in [4.69, 9.17) is 28.4 Å². The Hall–Kier alpha value is -2.31. The number of aliphatic hydroxyl groups excluding tert-OH is 7. The monoisotopic (exact) mass is 1120 g/mol. The van der Waals surface area contributed by atoms with Crippen molar-refractivity contribution in [1.29, 1.82) is 0 Å². The average molecular weight is 1120 g/mol. The number of hydrogen-bond acceptors (Lipinski definition) is 14. The smallest absolute Gasteiger partial charge is 0.306 e.